The van der Waals surface area contributed by atoms with Crippen molar-refractivity contribution in [2.24, 2.45) is 4.99 Å². The van der Waals surface area contributed by atoms with E-state index in [2.05, 4.69) is 20.9 Å². The highest BCUT2D eigenvalue weighted by atomic mass is 127. The summed E-state index contributed by atoms with van der Waals surface area (Å²) in [6, 6.07) is 15.4. The Morgan fingerprint density at radius 2 is 1.65 bits per heavy atom. The maximum absolute atomic E-state index is 11.7. The van der Waals surface area contributed by atoms with Gasteiger partial charge in [-0.1, -0.05) is 24.3 Å². The van der Waals surface area contributed by atoms with Crippen LogP contribution in [0.2, 0.25) is 0 Å². The molecule has 0 unspecified atom stereocenters. The summed E-state index contributed by atoms with van der Waals surface area (Å²) in [5.74, 6) is 1.42. The van der Waals surface area contributed by atoms with E-state index in [1.54, 1.807) is 27.3 Å². The summed E-state index contributed by atoms with van der Waals surface area (Å²) in [6.07, 6.45) is 0. The lowest BCUT2D eigenvalue weighted by Gasteiger charge is -2.13. The van der Waals surface area contributed by atoms with E-state index in [0.29, 0.717) is 24.6 Å². The zero-order chi connectivity index (χ0) is 18.1. The highest BCUT2D eigenvalue weighted by Gasteiger charge is 2.04. The second-order valence-electron chi connectivity index (χ2n) is 5.41. The van der Waals surface area contributed by atoms with Gasteiger partial charge in [-0.2, -0.15) is 0 Å². The van der Waals surface area contributed by atoms with Gasteiger partial charge >= 0.3 is 0 Å². The molecule has 0 aliphatic carbocycles. The Morgan fingerprint density at radius 1 is 1.04 bits per heavy atom. The quantitative estimate of drug-likeness (QED) is 0.346. The summed E-state index contributed by atoms with van der Waals surface area (Å²) in [5, 5.41) is 9.13. The third-order valence-corrected chi connectivity index (χ3v) is 3.69. The molecule has 0 atom stereocenters. The van der Waals surface area contributed by atoms with E-state index in [9.17, 15) is 4.79 Å². The molecule has 2 aromatic carbocycles. The molecular weight excluding hydrogens is 443 g/mol. The molecule has 1 amide bonds. The van der Waals surface area contributed by atoms with Gasteiger partial charge in [-0.25, -0.2) is 0 Å². The van der Waals surface area contributed by atoms with Gasteiger partial charge in [-0.15, -0.1) is 24.0 Å². The summed E-state index contributed by atoms with van der Waals surface area (Å²) >= 11 is 0. The van der Waals surface area contributed by atoms with Crippen LogP contribution in [0.25, 0.3) is 0 Å². The maximum atomic E-state index is 11.7. The highest BCUT2D eigenvalue weighted by Crippen LogP contribution is 2.12. The second kappa shape index (κ2) is 11.3. The van der Waals surface area contributed by atoms with E-state index in [4.69, 9.17) is 4.74 Å². The molecule has 0 radical (unpaired) electrons. The topological polar surface area (TPSA) is 74.8 Å². The van der Waals surface area contributed by atoms with Crippen LogP contribution in [0.4, 0.5) is 0 Å². The maximum Gasteiger partial charge on any atom is 0.251 e. The lowest BCUT2D eigenvalue weighted by molar-refractivity contribution is 0.0963. The fourth-order valence-electron chi connectivity index (χ4n) is 2.34. The Hall–Kier alpha value is -2.29. The molecule has 26 heavy (non-hydrogen) atoms. The minimum atomic E-state index is -0.0950. The second-order valence-corrected chi connectivity index (χ2v) is 5.41. The molecule has 0 fully saturated rings. The number of rotatable bonds is 6. The van der Waals surface area contributed by atoms with Gasteiger partial charge in [0, 0.05) is 32.7 Å². The normalized spacial score (nSPS) is 10.5. The van der Waals surface area contributed by atoms with Crippen molar-refractivity contribution >= 4 is 35.8 Å². The Kier molecular flexibility index (Phi) is 9.50. The summed E-state index contributed by atoms with van der Waals surface area (Å²) in [4.78, 5) is 15.9. The standard InChI is InChI=1S/C19H24N4O2.HI/c1-20-18(24)16-8-4-6-14(10-16)12-22-19(21-2)23-13-15-7-5-9-17(11-15)25-3;/h4-11H,12-13H2,1-3H3,(H,20,24)(H2,21,22,23);1H. The molecule has 6 nitrogen and oxygen atoms in total. The van der Waals surface area contributed by atoms with Crippen molar-refractivity contribution < 1.29 is 9.53 Å². The molecule has 140 valence electrons. The number of guanidine groups is 1. The van der Waals surface area contributed by atoms with Crippen molar-refractivity contribution in [3.8, 4) is 5.75 Å². The molecule has 0 aliphatic rings. The number of aliphatic imine (C=N–C) groups is 1. The largest absolute Gasteiger partial charge is 0.497 e. The van der Waals surface area contributed by atoms with Crippen molar-refractivity contribution in [3.05, 3.63) is 65.2 Å². The van der Waals surface area contributed by atoms with Gasteiger partial charge in [-0.3, -0.25) is 9.79 Å². The molecule has 0 bridgehead atoms. The minimum Gasteiger partial charge on any atom is -0.497 e. The molecule has 3 N–H and O–H groups in total. The van der Waals surface area contributed by atoms with Crippen molar-refractivity contribution in [1.82, 2.24) is 16.0 Å². The summed E-state index contributed by atoms with van der Waals surface area (Å²) in [5.41, 5.74) is 2.75. The first-order chi connectivity index (χ1) is 12.2. The molecular formula is C19H25IN4O2. The molecule has 0 spiro atoms. The van der Waals surface area contributed by atoms with E-state index in [1.165, 1.54) is 0 Å². The van der Waals surface area contributed by atoms with Crippen LogP contribution in [0.15, 0.2) is 53.5 Å². The lowest BCUT2D eigenvalue weighted by atomic mass is 10.1. The Balaban J connectivity index is 0.00000338. The first-order valence-corrected chi connectivity index (χ1v) is 8.04. The molecule has 2 rings (SSSR count). The van der Waals surface area contributed by atoms with Gasteiger partial charge in [0.1, 0.15) is 5.75 Å². The number of nitrogens with zero attached hydrogens (tertiary/aromatic N) is 1. The number of ether oxygens (including phenoxy) is 1. The molecule has 0 aromatic heterocycles. The van der Waals surface area contributed by atoms with Gasteiger partial charge in [0.05, 0.1) is 7.11 Å². The van der Waals surface area contributed by atoms with Gasteiger partial charge in [0.15, 0.2) is 5.96 Å². The molecule has 0 saturated carbocycles. The van der Waals surface area contributed by atoms with Crippen LogP contribution in [0.5, 0.6) is 5.75 Å². The number of benzene rings is 2. The number of nitrogens with one attached hydrogen (secondary N) is 3. The van der Waals surface area contributed by atoms with Gasteiger partial charge in [-0.05, 0) is 35.4 Å². The number of hydrogen-bond donors (Lipinski definition) is 3. The lowest BCUT2D eigenvalue weighted by Crippen LogP contribution is -2.36. The van der Waals surface area contributed by atoms with Crippen LogP contribution < -0.4 is 20.7 Å². The van der Waals surface area contributed by atoms with Gasteiger partial charge in [0.25, 0.3) is 5.91 Å². The van der Waals surface area contributed by atoms with E-state index in [0.717, 1.165) is 16.9 Å². The van der Waals surface area contributed by atoms with E-state index >= 15 is 0 Å². The number of carbonyl (C=O) groups excluding carboxylic acids is 1. The van der Waals surface area contributed by atoms with Crippen molar-refractivity contribution in [2.75, 3.05) is 21.2 Å². The summed E-state index contributed by atoms with van der Waals surface area (Å²) in [6.45, 7) is 1.21. The van der Waals surface area contributed by atoms with Crippen molar-refractivity contribution in [2.45, 2.75) is 13.1 Å². The predicted molar refractivity (Wildman–Crippen MR) is 115 cm³/mol. The van der Waals surface area contributed by atoms with Crippen LogP contribution in [0.3, 0.4) is 0 Å². The molecule has 7 heteroatoms. The van der Waals surface area contributed by atoms with Crippen LogP contribution in [0, 0.1) is 0 Å². The third-order valence-electron chi connectivity index (χ3n) is 3.69. The molecule has 0 aliphatic heterocycles. The van der Waals surface area contributed by atoms with Crippen molar-refractivity contribution in [3.63, 3.8) is 0 Å². The average molecular weight is 468 g/mol. The van der Waals surface area contributed by atoms with Gasteiger partial charge in [0.2, 0.25) is 0 Å². The summed E-state index contributed by atoms with van der Waals surface area (Å²) in [7, 11) is 5.00. The molecule has 0 heterocycles. The number of methoxy groups -OCH3 is 1. The molecule has 0 saturated heterocycles. The smallest absolute Gasteiger partial charge is 0.251 e. The predicted octanol–water partition coefficient (Wildman–Crippen LogP) is 2.54. The zero-order valence-electron chi connectivity index (χ0n) is 15.2. The monoisotopic (exact) mass is 468 g/mol. The van der Waals surface area contributed by atoms with Crippen LogP contribution in [0.1, 0.15) is 21.5 Å². The Morgan fingerprint density at radius 3 is 2.23 bits per heavy atom. The number of hydrogen-bond acceptors (Lipinski definition) is 3. The number of carbonyl (C=O) groups is 1. The van der Waals surface area contributed by atoms with Crippen molar-refractivity contribution in [1.29, 1.82) is 0 Å². The fourth-order valence-corrected chi connectivity index (χ4v) is 2.34. The van der Waals surface area contributed by atoms with Crippen LogP contribution in [-0.4, -0.2) is 33.1 Å². The summed E-state index contributed by atoms with van der Waals surface area (Å²) < 4.78 is 5.23. The average Bonchev–Trinajstić information content (AvgIpc) is 2.67. The highest BCUT2D eigenvalue weighted by molar-refractivity contribution is 14.0. The van der Waals surface area contributed by atoms with Gasteiger partial charge < -0.3 is 20.7 Å². The first-order valence-electron chi connectivity index (χ1n) is 8.04. The van der Waals surface area contributed by atoms with E-state index < -0.39 is 0 Å². The SMILES string of the molecule is CN=C(NCc1cccc(OC)c1)NCc1cccc(C(=O)NC)c1.I. The number of amides is 1. The fraction of sp³-hybridized carbons (Fsp3) is 0.263. The van der Waals surface area contributed by atoms with E-state index in [1.807, 2.05) is 42.5 Å². The third kappa shape index (κ3) is 6.55. The Bertz CT molecular complexity index is 750. The van der Waals surface area contributed by atoms with Crippen LogP contribution >= 0.6 is 24.0 Å². The first kappa shape index (κ1) is 21.8. The zero-order valence-corrected chi connectivity index (χ0v) is 17.5. The Labute approximate surface area is 171 Å². The molecule has 2 aromatic rings. The van der Waals surface area contributed by atoms with Crippen LogP contribution in [-0.2, 0) is 13.1 Å². The number of halogens is 1. The van der Waals surface area contributed by atoms with E-state index in [-0.39, 0.29) is 29.9 Å². The minimum absolute atomic E-state index is 0.